The zero-order valence-corrected chi connectivity index (χ0v) is 12.7. The molecule has 0 aromatic heterocycles. The van der Waals surface area contributed by atoms with Gasteiger partial charge in [-0.1, -0.05) is 6.07 Å². The number of aryl methyl sites for hydroxylation is 1. The van der Waals surface area contributed by atoms with E-state index in [4.69, 9.17) is 5.11 Å². The van der Waals surface area contributed by atoms with Gasteiger partial charge >= 0.3 is 5.97 Å². The van der Waals surface area contributed by atoms with E-state index < -0.39 is 23.0 Å². The van der Waals surface area contributed by atoms with Gasteiger partial charge in [0, 0.05) is 12.1 Å². The van der Waals surface area contributed by atoms with Crippen LogP contribution < -0.4 is 5.32 Å². The molecule has 1 aromatic carbocycles. The van der Waals surface area contributed by atoms with Gasteiger partial charge in [-0.15, -0.1) is 0 Å². The lowest BCUT2D eigenvalue weighted by atomic mass is 9.89. The smallest absolute Gasteiger partial charge is 0.309 e. The molecule has 0 bridgehead atoms. The topological polar surface area (TPSA) is 49.3 Å². The SMILES string of the molecule is CC(CCc1ccc(F)cc1F)NCCC(C)(C)C(=O)O. The number of benzene rings is 1. The normalized spacial score (nSPS) is 13.2. The highest BCUT2D eigenvalue weighted by Gasteiger charge is 2.26. The Morgan fingerprint density at radius 3 is 2.62 bits per heavy atom. The largest absolute Gasteiger partial charge is 0.481 e. The van der Waals surface area contributed by atoms with Crippen molar-refractivity contribution in [2.75, 3.05) is 6.54 Å². The van der Waals surface area contributed by atoms with Gasteiger partial charge in [-0.3, -0.25) is 4.79 Å². The van der Waals surface area contributed by atoms with Crippen molar-refractivity contribution in [3.05, 3.63) is 35.4 Å². The summed E-state index contributed by atoms with van der Waals surface area (Å²) < 4.78 is 26.3. The zero-order valence-electron chi connectivity index (χ0n) is 12.7. The molecular formula is C16H23F2NO2. The van der Waals surface area contributed by atoms with Gasteiger partial charge in [0.05, 0.1) is 5.41 Å². The van der Waals surface area contributed by atoms with E-state index in [9.17, 15) is 13.6 Å². The minimum Gasteiger partial charge on any atom is -0.481 e. The molecule has 1 atom stereocenters. The Balaban J connectivity index is 2.34. The number of halogens is 2. The number of aliphatic carboxylic acids is 1. The van der Waals surface area contributed by atoms with Crippen LogP contribution in [-0.2, 0) is 11.2 Å². The maximum absolute atomic E-state index is 13.5. The molecule has 2 N–H and O–H groups in total. The van der Waals surface area contributed by atoms with Crippen molar-refractivity contribution in [2.24, 2.45) is 5.41 Å². The first-order valence-electron chi connectivity index (χ1n) is 7.13. The molecule has 0 spiro atoms. The molecule has 0 radical (unpaired) electrons. The lowest BCUT2D eigenvalue weighted by Gasteiger charge is -2.21. The fraction of sp³-hybridized carbons (Fsp3) is 0.562. The highest BCUT2D eigenvalue weighted by atomic mass is 19.1. The standard InChI is InChI=1S/C16H23F2NO2/c1-11(19-9-8-16(2,3)15(20)21)4-5-12-6-7-13(17)10-14(12)18/h6-7,10-11,19H,4-5,8-9H2,1-3H3,(H,20,21). The van der Waals surface area contributed by atoms with E-state index >= 15 is 0 Å². The number of carbonyl (C=O) groups is 1. The molecule has 1 rings (SSSR count). The van der Waals surface area contributed by atoms with E-state index in [0.717, 1.165) is 6.07 Å². The lowest BCUT2D eigenvalue weighted by molar-refractivity contribution is -0.147. The van der Waals surface area contributed by atoms with E-state index in [1.165, 1.54) is 12.1 Å². The number of nitrogens with one attached hydrogen (secondary N) is 1. The Bertz CT molecular complexity index is 489. The summed E-state index contributed by atoms with van der Waals surface area (Å²) in [7, 11) is 0. The van der Waals surface area contributed by atoms with Gasteiger partial charge in [-0.05, 0) is 58.2 Å². The van der Waals surface area contributed by atoms with Crippen molar-refractivity contribution >= 4 is 5.97 Å². The van der Waals surface area contributed by atoms with E-state index in [-0.39, 0.29) is 6.04 Å². The molecule has 21 heavy (non-hydrogen) atoms. The summed E-state index contributed by atoms with van der Waals surface area (Å²) in [6.07, 6.45) is 1.75. The minimum absolute atomic E-state index is 0.138. The van der Waals surface area contributed by atoms with Crippen LogP contribution in [0.15, 0.2) is 18.2 Å². The quantitative estimate of drug-likeness (QED) is 0.773. The van der Waals surface area contributed by atoms with Crippen molar-refractivity contribution in [1.82, 2.24) is 5.32 Å². The second-order valence-electron chi connectivity index (χ2n) is 6.07. The van der Waals surface area contributed by atoms with Crippen LogP contribution in [0.3, 0.4) is 0 Å². The van der Waals surface area contributed by atoms with Crippen LogP contribution in [-0.4, -0.2) is 23.7 Å². The van der Waals surface area contributed by atoms with Gasteiger partial charge in [0.15, 0.2) is 0 Å². The van der Waals surface area contributed by atoms with Gasteiger partial charge in [-0.2, -0.15) is 0 Å². The molecule has 0 amide bonds. The van der Waals surface area contributed by atoms with Crippen molar-refractivity contribution < 1.29 is 18.7 Å². The van der Waals surface area contributed by atoms with Crippen molar-refractivity contribution in [3.8, 4) is 0 Å². The molecule has 0 heterocycles. The minimum atomic E-state index is -0.815. The number of hydrogen-bond acceptors (Lipinski definition) is 2. The zero-order chi connectivity index (χ0) is 16.0. The monoisotopic (exact) mass is 299 g/mol. The molecule has 118 valence electrons. The van der Waals surface area contributed by atoms with Gasteiger partial charge < -0.3 is 10.4 Å². The molecule has 0 aliphatic rings. The van der Waals surface area contributed by atoms with Crippen LogP contribution in [0.2, 0.25) is 0 Å². The van der Waals surface area contributed by atoms with Gasteiger partial charge in [-0.25, -0.2) is 8.78 Å². The summed E-state index contributed by atoms with van der Waals surface area (Å²) in [6, 6.07) is 3.75. The van der Waals surface area contributed by atoms with Crippen LogP contribution in [0, 0.1) is 17.0 Å². The number of hydrogen-bond donors (Lipinski definition) is 2. The molecular weight excluding hydrogens is 276 g/mol. The summed E-state index contributed by atoms with van der Waals surface area (Å²) in [5.41, 5.74) is -0.258. The third-order valence-electron chi connectivity index (χ3n) is 3.68. The number of rotatable bonds is 8. The summed E-state index contributed by atoms with van der Waals surface area (Å²) in [5, 5.41) is 12.2. The molecule has 3 nitrogen and oxygen atoms in total. The van der Waals surface area contributed by atoms with E-state index in [1.807, 2.05) is 6.92 Å². The second-order valence-corrected chi connectivity index (χ2v) is 6.07. The van der Waals surface area contributed by atoms with Gasteiger partial charge in [0.1, 0.15) is 11.6 Å². The predicted octanol–water partition coefficient (Wildman–Crippen LogP) is 3.38. The maximum Gasteiger partial charge on any atom is 0.309 e. The maximum atomic E-state index is 13.5. The van der Waals surface area contributed by atoms with Crippen LogP contribution in [0.1, 0.15) is 39.2 Å². The van der Waals surface area contributed by atoms with Gasteiger partial charge in [0.25, 0.3) is 0 Å². The van der Waals surface area contributed by atoms with Crippen LogP contribution in [0.5, 0.6) is 0 Å². The molecule has 1 unspecified atom stereocenters. The third-order valence-corrected chi connectivity index (χ3v) is 3.68. The molecule has 0 aliphatic heterocycles. The molecule has 1 aromatic rings. The highest BCUT2D eigenvalue weighted by Crippen LogP contribution is 2.19. The first kappa shape index (κ1) is 17.6. The average molecular weight is 299 g/mol. The molecule has 0 saturated carbocycles. The summed E-state index contributed by atoms with van der Waals surface area (Å²) in [6.45, 7) is 5.94. The Morgan fingerprint density at radius 2 is 2.05 bits per heavy atom. The van der Waals surface area contributed by atoms with Crippen molar-refractivity contribution in [3.63, 3.8) is 0 Å². The van der Waals surface area contributed by atoms with E-state index in [0.29, 0.717) is 31.4 Å². The highest BCUT2D eigenvalue weighted by molar-refractivity contribution is 5.73. The fourth-order valence-electron chi connectivity index (χ4n) is 1.94. The summed E-state index contributed by atoms with van der Waals surface area (Å²) >= 11 is 0. The Labute approximate surface area is 124 Å². The van der Waals surface area contributed by atoms with Crippen molar-refractivity contribution in [2.45, 2.75) is 46.1 Å². The number of carboxylic acids is 1. The molecule has 0 saturated heterocycles. The van der Waals surface area contributed by atoms with E-state index in [1.54, 1.807) is 13.8 Å². The van der Waals surface area contributed by atoms with Gasteiger partial charge in [0.2, 0.25) is 0 Å². The van der Waals surface area contributed by atoms with Crippen LogP contribution >= 0.6 is 0 Å². The van der Waals surface area contributed by atoms with Crippen LogP contribution in [0.4, 0.5) is 8.78 Å². The molecule has 0 aliphatic carbocycles. The molecule has 5 heteroatoms. The first-order valence-corrected chi connectivity index (χ1v) is 7.13. The second kappa shape index (κ2) is 7.50. The lowest BCUT2D eigenvalue weighted by Crippen LogP contribution is -2.33. The Kier molecular flexibility index (Phi) is 6.27. The fourth-order valence-corrected chi connectivity index (χ4v) is 1.94. The summed E-state index contributed by atoms with van der Waals surface area (Å²) in [4.78, 5) is 11.0. The van der Waals surface area contributed by atoms with Crippen LogP contribution in [0.25, 0.3) is 0 Å². The predicted molar refractivity (Wildman–Crippen MR) is 78.2 cm³/mol. The average Bonchev–Trinajstić information content (AvgIpc) is 2.37. The number of carboxylic acid groups (broad SMARTS) is 1. The Morgan fingerprint density at radius 1 is 1.38 bits per heavy atom. The Hall–Kier alpha value is -1.49. The molecule has 0 fully saturated rings. The van der Waals surface area contributed by atoms with Crippen molar-refractivity contribution in [1.29, 1.82) is 0 Å². The van der Waals surface area contributed by atoms with E-state index in [2.05, 4.69) is 5.32 Å². The third kappa shape index (κ3) is 5.79. The first-order chi connectivity index (χ1) is 9.72. The summed E-state index contributed by atoms with van der Waals surface area (Å²) in [5.74, 6) is -1.90.